The van der Waals surface area contributed by atoms with Crippen molar-refractivity contribution in [1.29, 1.82) is 0 Å². The third-order valence-corrected chi connectivity index (χ3v) is 6.41. The summed E-state index contributed by atoms with van der Waals surface area (Å²) in [5.74, 6) is -0.615. The van der Waals surface area contributed by atoms with Gasteiger partial charge in [-0.15, -0.1) is 0 Å². The first-order chi connectivity index (χ1) is 13.8. The number of benzene rings is 2. The van der Waals surface area contributed by atoms with Crippen LogP contribution >= 0.6 is 51.1 Å². The second-order valence-electron chi connectivity index (χ2n) is 6.33. The molecule has 0 spiro atoms. The highest BCUT2D eigenvalue weighted by Crippen LogP contribution is 2.37. The van der Waals surface area contributed by atoms with Crippen molar-refractivity contribution in [3.8, 4) is 5.88 Å². The summed E-state index contributed by atoms with van der Waals surface area (Å²) >= 11 is 16.1. The lowest BCUT2D eigenvalue weighted by Crippen LogP contribution is -2.22. The van der Waals surface area contributed by atoms with Crippen molar-refractivity contribution in [3.63, 3.8) is 0 Å². The topological polar surface area (TPSA) is 66.6 Å². The Labute approximate surface area is 189 Å². The lowest BCUT2D eigenvalue weighted by atomic mass is 10.1. The molecule has 9 heteroatoms. The SMILES string of the molecule is Cc1ccc(C(=O)Nn2c(O)c(C=C3C=Nc4ccc(Br)cc43)sc2=S)c(Cl)c1. The van der Waals surface area contributed by atoms with Crippen LogP contribution in [0.2, 0.25) is 5.02 Å². The van der Waals surface area contributed by atoms with Crippen molar-refractivity contribution >= 4 is 80.5 Å². The average Bonchev–Trinajstić information content (AvgIpc) is 3.17. The zero-order valence-electron chi connectivity index (χ0n) is 14.9. The quantitative estimate of drug-likeness (QED) is 0.407. The summed E-state index contributed by atoms with van der Waals surface area (Å²) in [5.41, 5.74) is 6.49. The number of aryl methyl sites for hydroxylation is 1. The van der Waals surface area contributed by atoms with E-state index in [2.05, 4.69) is 26.3 Å². The molecule has 0 aliphatic carbocycles. The van der Waals surface area contributed by atoms with E-state index in [0.717, 1.165) is 26.9 Å². The molecular weight excluding hydrogens is 494 g/mol. The van der Waals surface area contributed by atoms with Gasteiger partial charge in [0.25, 0.3) is 5.91 Å². The molecule has 3 aromatic rings. The van der Waals surface area contributed by atoms with E-state index in [-0.39, 0.29) is 5.88 Å². The van der Waals surface area contributed by atoms with E-state index in [4.69, 9.17) is 23.8 Å². The minimum absolute atomic E-state index is 0.152. The Balaban J connectivity index is 1.66. The first-order valence-electron chi connectivity index (χ1n) is 8.41. The van der Waals surface area contributed by atoms with Gasteiger partial charge in [-0.1, -0.05) is 44.9 Å². The number of amides is 1. The number of aromatic hydroxyl groups is 1. The molecule has 1 aliphatic heterocycles. The van der Waals surface area contributed by atoms with Crippen LogP contribution in [0.25, 0.3) is 11.6 Å². The molecule has 146 valence electrons. The lowest BCUT2D eigenvalue weighted by molar-refractivity contribution is 0.101. The summed E-state index contributed by atoms with van der Waals surface area (Å²) in [6.07, 6.45) is 3.52. The molecule has 1 aliphatic rings. The molecule has 29 heavy (non-hydrogen) atoms. The van der Waals surface area contributed by atoms with Crippen LogP contribution in [0.5, 0.6) is 5.88 Å². The monoisotopic (exact) mass is 505 g/mol. The number of hydrogen-bond acceptors (Lipinski definition) is 5. The second kappa shape index (κ2) is 7.87. The summed E-state index contributed by atoms with van der Waals surface area (Å²) in [5, 5.41) is 11.0. The van der Waals surface area contributed by atoms with Crippen molar-refractivity contribution in [2.45, 2.75) is 6.92 Å². The number of fused-ring (bicyclic) bond motifs is 1. The molecule has 0 bridgehead atoms. The smallest absolute Gasteiger partial charge is 0.271 e. The van der Waals surface area contributed by atoms with Gasteiger partial charge in [-0.2, -0.15) is 4.68 Å². The fraction of sp³-hybridized carbons (Fsp3) is 0.0500. The Bertz CT molecular complexity index is 1280. The Morgan fingerprint density at radius 3 is 2.90 bits per heavy atom. The Kier molecular flexibility index (Phi) is 5.44. The molecule has 2 heterocycles. The summed E-state index contributed by atoms with van der Waals surface area (Å²) in [7, 11) is 0. The molecule has 0 fully saturated rings. The average molecular weight is 507 g/mol. The number of thiazole rings is 1. The van der Waals surface area contributed by atoms with E-state index in [1.807, 2.05) is 25.1 Å². The predicted molar refractivity (Wildman–Crippen MR) is 125 cm³/mol. The van der Waals surface area contributed by atoms with Crippen LogP contribution in [0, 0.1) is 10.9 Å². The molecule has 0 unspecified atom stereocenters. The summed E-state index contributed by atoms with van der Waals surface area (Å²) in [6, 6.07) is 10.9. The standard InChI is InChI=1S/C20H13BrClN3O2S2/c1-10-2-4-13(15(22)6-10)18(26)24-25-19(27)17(29-20(25)28)7-11-9-23-16-5-3-12(21)8-14(11)16/h2-9,27H,1H3,(H,24,26). The molecular formula is C20H13BrClN3O2S2. The van der Waals surface area contributed by atoms with Crippen molar-refractivity contribution in [1.82, 2.24) is 4.68 Å². The van der Waals surface area contributed by atoms with Gasteiger partial charge in [-0.25, -0.2) is 0 Å². The zero-order valence-corrected chi connectivity index (χ0v) is 18.9. The first kappa shape index (κ1) is 20.0. The molecule has 0 radical (unpaired) electrons. The van der Waals surface area contributed by atoms with Gasteiger partial charge >= 0.3 is 0 Å². The summed E-state index contributed by atoms with van der Waals surface area (Å²) in [4.78, 5) is 17.5. The van der Waals surface area contributed by atoms with E-state index < -0.39 is 5.91 Å². The van der Waals surface area contributed by atoms with Crippen LogP contribution in [0.15, 0.2) is 45.9 Å². The number of carbonyl (C=O) groups is 1. The number of allylic oxidation sites excluding steroid dienone is 1. The van der Waals surface area contributed by atoms with Crippen molar-refractivity contribution in [2.24, 2.45) is 4.99 Å². The van der Waals surface area contributed by atoms with E-state index in [0.29, 0.717) is 19.4 Å². The third-order valence-electron chi connectivity index (χ3n) is 4.29. The minimum Gasteiger partial charge on any atom is -0.492 e. The fourth-order valence-corrected chi connectivity index (χ4v) is 4.72. The van der Waals surface area contributed by atoms with Crippen molar-refractivity contribution in [2.75, 3.05) is 5.43 Å². The van der Waals surface area contributed by atoms with Gasteiger partial charge in [0, 0.05) is 21.8 Å². The van der Waals surface area contributed by atoms with Crippen LogP contribution in [-0.4, -0.2) is 21.9 Å². The van der Waals surface area contributed by atoms with Gasteiger partial charge in [0.2, 0.25) is 5.88 Å². The molecule has 0 saturated carbocycles. The van der Waals surface area contributed by atoms with Crippen molar-refractivity contribution in [3.05, 3.63) is 71.4 Å². The number of aromatic nitrogens is 1. The maximum absolute atomic E-state index is 12.6. The third kappa shape index (κ3) is 3.93. The Hall–Kier alpha value is -2.26. The molecule has 0 saturated heterocycles. The maximum Gasteiger partial charge on any atom is 0.271 e. The van der Waals surface area contributed by atoms with Gasteiger partial charge < -0.3 is 5.11 Å². The molecule has 2 N–H and O–H groups in total. The number of hydrogen-bond donors (Lipinski definition) is 2. The number of carbonyl (C=O) groups excluding carboxylic acids is 1. The highest BCUT2D eigenvalue weighted by Gasteiger charge is 2.18. The first-order valence-corrected chi connectivity index (χ1v) is 10.8. The molecule has 1 aromatic heterocycles. The number of nitrogens with one attached hydrogen (secondary N) is 1. The van der Waals surface area contributed by atoms with Gasteiger partial charge in [0.15, 0.2) is 3.95 Å². The van der Waals surface area contributed by atoms with Gasteiger partial charge in [-0.3, -0.25) is 15.2 Å². The number of rotatable bonds is 3. The van der Waals surface area contributed by atoms with E-state index in [9.17, 15) is 9.90 Å². The summed E-state index contributed by atoms with van der Waals surface area (Å²) in [6.45, 7) is 1.89. The van der Waals surface area contributed by atoms with Crippen LogP contribution in [0.4, 0.5) is 5.69 Å². The highest BCUT2D eigenvalue weighted by molar-refractivity contribution is 9.10. The largest absolute Gasteiger partial charge is 0.492 e. The lowest BCUT2D eigenvalue weighted by Gasteiger charge is -2.09. The second-order valence-corrected chi connectivity index (χ2v) is 9.33. The molecule has 5 nitrogen and oxygen atoms in total. The van der Waals surface area contributed by atoms with E-state index in [1.165, 1.54) is 16.0 Å². The Morgan fingerprint density at radius 1 is 1.34 bits per heavy atom. The summed E-state index contributed by atoms with van der Waals surface area (Å²) < 4.78 is 2.42. The number of halogens is 2. The van der Waals surface area contributed by atoms with Gasteiger partial charge in [0.1, 0.15) is 0 Å². The van der Waals surface area contributed by atoms with Crippen LogP contribution < -0.4 is 5.43 Å². The Morgan fingerprint density at radius 2 is 2.14 bits per heavy atom. The van der Waals surface area contributed by atoms with Crippen LogP contribution in [-0.2, 0) is 0 Å². The molecule has 2 aromatic carbocycles. The fourth-order valence-electron chi connectivity index (χ4n) is 2.86. The highest BCUT2D eigenvalue weighted by atomic mass is 79.9. The molecule has 0 atom stereocenters. The number of aliphatic imine (C=N–C) groups is 1. The zero-order chi connectivity index (χ0) is 20.7. The van der Waals surface area contributed by atoms with E-state index in [1.54, 1.807) is 30.5 Å². The van der Waals surface area contributed by atoms with Crippen LogP contribution in [0.3, 0.4) is 0 Å². The molecule has 4 rings (SSSR count). The number of nitrogens with zero attached hydrogens (tertiary/aromatic N) is 2. The van der Waals surface area contributed by atoms with Crippen molar-refractivity contribution < 1.29 is 9.90 Å². The predicted octanol–water partition coefficient (Wildman–Crippen LogP) is 6.35. The minimum atomic E-state index is -0.463. The van der Waals surface area contributed by atoms with Gasteiger partial charge in [-0.05, 0) is 61.1 Å². The van der Waals surface area contributed by atoms with Crippen LogP contribution in [0.1, 0.15) is 26.4 Å². The maximum atomic E-state index is 12.6. The molecule has 1 amide bonds. The van der Waals surface area contributed by atoms with Gasteiger partial charge in [0.05, 0.1) is 21.2 Å². The van der Waals surface area contributed by atoms with E-state index >= 15 is 0 Å². The normalized spacial score (nSPS) is 13.7.